The zero-order valence-corrected chi connectivity index (χ0v) is 11.5. The fraction of sp³-hybridized carbons (Fsp3) is 1.00. The van der Waals surface area contributed by atoms with Crippen LogP contribution in [0.15, 0.2) is 0 Å². The van der Waals surface area contributed by atoms with Gasteiger partial charge in [0.25, 0.3) is 0 Å². The Labute approximate surface area is 101 Å². The molecule has 96 valence electrons. The first-order valence-corrected chi connectivity index (χ1v) is 6.52. The normalized spacial score (nSPS) is 34.7. The van der Waals surface area contributed by atoms with Gasteiger partial charge in [-0.1, -0.05) is 6.92 Å². The lowest BCUT2D eigenvalue weighted by Gasteiger charge is -2.38. The maximum Gasteiger partial charge on any atom is 0.0615 e. The molecule has 0 saturated carbocycles. The Morgan fingerprint density at radius 3 is 2.81 bits per heavy atom. The predicted octanol–water partition coefficient (Wildman–Crippen LogP) is 1.87. The molecule has 0 amide bonds. The average Bonchev–Trinajstić information content (AvgIpc) is 2.40. The van der Waals surface area contributed by atoms with E-state index in [4.69, 9.17) is 4.74 Å². The van der Waals surface area contributed by atoms with Crippen molar-refractivity contribution in [1.82, 2.24) is 10.2 Å². The van der Waals surface area contributed by atoms with Crippen molar-refractivity contribution in [1.29, 1.82) is 0 Å². The lowest BCUT2D eigenvalue weighted by molar-refractivity contribution is 0.0623. The SMILES string of the molecule is CCC1(C)CN(C(C)COC)C(C)CCN1. The zero-order valence-electron chi connectivity index (χ0n) is 11.5. The molecule has 3 heteroatoms. The monoisotopic (exact) mass is 228 g/mol. The number of hydrogen-bond donors (Lipinski definition) is 1. The third-order valence-electron chi connectivity index (χ3n) is 3.97. The smallest absolute Gasteiger partial charge is 0.0615 e. The highest BCUT2D eigenvalue weighted by Gasteiger charge is 2.32. The van der Waals surface area contributed by atoms with Crippen molar-refractivity contribution in [2.24, 2.45) is 0 Å². The lowest BCUT2D eigenvalue weighted by atomic mass is 9.97. The molecular weight excluding hydrogens is 200 g/mol. The van der Waals surface area contributed by atoms with Gasteiger partial charge in [0.15, 0.2) is 0 Å². The Morgan fingerprint density at radius 2 is 2.25 bits per heavy atom. The van der Waals surface area contributed by atoms with E-state index in [9.17, 15) is 0 Å². The van der Waals surface area contributed by atoms with Gasteiger partial charge < -0.3 is 10.1 Å². The summed E-state index contributed by atoms with van der Waals surface area (Å²) in [5.41, 5.74) is 0.257. The van der Waals surface area contributed by atoms with Crippen LogP contribution in [0.3, 0.4) is 0 Å². The van der Waals surface area contributed by atoms with Crippen molar-refractivity contribution in [3.05, 3.63) is 0 Å². The van der Waals surface area contributed by atoms with Crippen LogP contribution in [0.25, 0.3) is 0 Å². The topological polar surface area (TPSA) is 24.5 Å². The van der Waals surface area contributed by atoms with Crippen LogP contribution in [0, 0.1) is 0 Å². The van der Waals surface area contributed by atoms with Crippen LogP contribution in [-0.4, -0.2) is 49.3 Å². The summed E-state index contributed by atoms with van der Waals surface area (Å²) in [5, 5.41) is 3.68. The van der Waals surface area contributed by atoms with E-state index in [-0.39, 0.29) is 5.54 Å². The number of ether oxygens (including phenoxy) is 1. The van der Waals surface area contributed by atoms with Crippen molar-refractivity contribution < 1.29 is 4.74 Å². The molecule has 1 aliphatic heterocycles. The molecule has 0 radical (unpaired) electrons. The van der Waals surface area contributed by atoms with E-state index in [2.05, 4.69) is 37.9 Å². The van der Waals surface area contributed by atoms with Crippen molar-refractivity contribution >= 4 is 0 Å². The Balaban J connectivity index is 2.70. The van der Waals surface area contributed by atoms with Crippen LogP contribution in [-0.2, 0) is 4.74 Å². The minimum absolute atomic E-state index is 0.257. The molecule has 1 N–H and O–H groups in total. The van der Waals surface area contributed by atoms with Crippen LogP contribution in [0.5, 0.6) is 0 Å². The largest absolute Gasteiger partial charge is 0.383 e. The van der Waals surface area contributed by atoms with Crippen molar-refractivity contribution in [2.75, 3.05) is 26.8 Å². The number of nitrogens with zero attached hydrogens (tertiary/aromatic N) is 1. The van der Waals surface area contributed by atoms with Crippen LogP contribution in [0.4, 0.5) is 0 Å². The highest BCUT2D eigenvalue weighted by atomic mass is 16.5. The molecule has 1 heterocycles. The third-order valence-corrected chi connectivity index (χ3v) is 3.97. The molecule has 0 aromatic heterocycles. The summed E-state index contributed by atoms with van der Waals surface area (Å²) in [6.45, 7) is 12.3. The first-order valence-electron chi connectivity index (χ1n) is 6.52. The standard InChI is InChI=1S/C13H28N2O/c1-6-13(4)10-15(12(3)9-16-5)11(2)7-8-14-13/h11-12,14H,6-10H2,1-5H3. The minimum Gasteiger partial charge on any atom is -0.383 e. The minimum atomic E-state index is 0.257. The summed E-state index contributed by atoms with van der Waals surface area (Å²) in [4.78, 5) is 2.59. The number of methoxy groups -OCH3 is 1. The summed E-state index contributed by atoms with van der Waals surface area (Å²) in [6, 6.07) is 1.15. The van der Waals surface area contributed by atoms with Gasteiger partial charge in [-0.2, -0.15) is 0 Å². The Hall–Kier alpha value is -0.120. The molecule has 1 aliphatic rings. The maximum atomic E-state index is 5.29. The fourth-order valence-electron chi connectivity index (χ4n) is 2.53. The summed E-state index contributed by atoms with van der Waals surface area (Å²) < 4.78 is 5.29. The van der Waals surface area contributed by atoms with Gasteiger partial charge >= 0.3 is 0 Å². The second-order valence-electron chi connectivity index (χ2n) is 5.46. The highest BCUT2D eigenvalue weighted by molar-refractivity contribution is 4.92. The number of hydrogen-bond acceptors (Lipinski definition) is 3. The highest BCUT2D eigenvalue weighted by Crippen LogP contribution is 2.21. The summed E-state index contributed by atoms with van der Waals surface area (Å²) >= 11 is 0. The van der Waals surface area contributed by atoms with Gasteiger partial charge in [0.05, 0.1) is 6.61 Å². The zero-order chi connectivity index (χ0) is 12.2. The molecule has 3 unspecified atom stereocenters. The Morgan fingerprint density at radius 1 is 1.56 bits per heavy atom. The average molecular weight is 228 g/mol. The molecule has 3 atom stereocenters. The van der Waals surface area contributed by atoms with Gasteiger partial charge in [-0.25, -0.2) is 0 Å². The van der Waals surface area contributed by atoms with E-state index in [1.54, 1.807) is 7.11 Å². The molecule has 1 rings (SSSR count). The van der Waals surface area contributed by atoms with E-state index in [1.165, 1.54) is 12.8 Å². The molecule has 3 nitrogen and oxygen atoms in total. The van der Waals surface area contributed by atoms with Gasteiger partial charge in [-0.3, -0.25) is 4.90 Å². The van der Waals surface area contributed by atoms with E-state index in [1.807, 2.05) is 0 Å². The second kappa shape index (κ2) is 5.99. The van der Waals surface area contributed by atoms with Gasteiger partial charge in [0, 0.05) is 31.3 Å². The summed E-state index contributed by atoms with van der Waals surface area (Å²) in [7, 11) is 1.79. The van der Waals surface area contributed by atoms with Gasteiger partial charge in [-0.15, -0.1) is 0 Å². The summed E-state index contributed by atoms with van der Waals surface area (Å²) in [6.07, 6.45) is 2.40. The molecule has 16 heavy (non-hydrogen) atoms. The third kappa shape index (κ3) is 3.44. The van der Waals surface area contributed by atoms with Crippen LogP contribution in [0.1, 0.15) is 40.5 Å². The molecule has 1 fully saturated rings. The van der Waals surface area contributed by atoms with Gasteiger partial charge in [-0.05, 0) is 40.2 Å². The molecule has 0 bridgehead atoms. The predicted molar refractivity (Wildman–Crippen MR) is 68.8 cm³/mol. The van der Waals surface area contributed by atoms with E-state index in [0.29, 0.717) is 12.1 Å². The number of rotatable bonds is 4. The van der Waals surface area contributed by atoms with Crippen molar-refractivity contribution in [2.45, 2.75) is 58.2 Å². The van der Waals surface area contributed by atoms with Gasteiger partial charge in [0.1, 0.15) is 0 Å². The second-order valence-corrected chi connectivity index (χ2v) is 5.46. The molecule has 0 aromatic carbocycles. The first-order chi connectivity index (χ1) is 7.52. The fourth-order valence-corrected chi connectivity index (χ4v) is 2.53. The van der Waals surface area contributed by atoms with Crippen molar-refractivity contribution in [3.63, 3.8) is 0 Å². The van der Waals surface area contributed by atoms with Crippen LogP contribution >= 0.6 is 0 Å². The quantitative estimate of drug-likeness (QED) is 0.795. The molecule has 0 spiro atoms. The van der Waals surface area contributed by atoms with Gasteiger partial charge in [0.2, 0.25) is 0 Å². The molecular formula is C13H28N2O. The Bertz CT molecular complexity index is 210. The molecule has 0 aliphatic carbocycles. The number of nitrogens with one attached hydrogen (secondary N) is 1. The van der Waals surface area contributed by atoms with E-state index >= 15 is 0 Å². The first kappa shape index (κ1) is 13.9. The summed E-state index contributed by atoms with van der Waals surface area (Å²) in [5.74, 6) is 0. The lowest BCUT2D eigenvalue weighted by Crippen LogP contribution is -2.52. The Kier molecular flexibility index (Phi) is 5.22. The van der Waals surface area contributed by atoms with Crippen LogP contribution in [0.2, 0.25) is 0 Å². The maximum absolute atomic E-state index is 5.29. The molecule has 0 aromatic rings. The van der Waals surface area contributed by atoms with Crippen molar-refractivity contribution in [3.8, 4) is 0 Å². The van der Waals surface area contributed by atoms with Crippen LogP contribution < -0.4 is 5.32 Å². The van der Waals surface area contributed by atoms with E-state index < -0.39 is 0 Å². The van der Waals surface area contributed by atoms with E-state index in [0.717, 1.165) is 19.7 Å². The molecule has 1 saturated heterocycles.